The first-order valence-corrected chi connectivity index (χ1v) is 10.8. The second kappa shape index (κ2) is 8.33. The van der Waals surface area contributed by atoms with E-state index in [1.54, 1.807) is 13.2 Å². The minimum Gasteiger partial charge on any atom is -0.341 e. The van der Waals surface area contributed by atoms with Crippen molar-refractivity contribution in [3.63, 3.8) is 0 Å². The zero-order valence-corrected chi connectivity index (χ0v) is 16.3. The molecule has 1 heterocycles. The molecule has 1 atom stereocenters. The maximum absolute atomic E-state index is 12.8. The van der Waals surface area contributed by atoms with Crippen molar-refractivity contribution in [1.82, 2.24) is 19.0 Å². The smallest absolute Gasteiger partial charge is 0.280 e. The van der Waals surface area contributed by atoms with Crippen LogP contribution in [-0.4, -0.2) is 35.8 Å². The Labute approximate surface area is 156 Å². The molecule has 1 unspecified atom stereocenters. The number of hydrogen-bond acceptors (Lipinski definition) is 3. The number of benzene rings is 1. The van der Waals surface area contributed by atoms with Crippen molar-refractivity contribution in [2.75, 3.05) is 7.05 Å². The molecule has 1 aromatic carbocycles. The average Bonchev–Trinajstić information content (AvgIpc) is 3.17. The summed E-state index contributed by atoms with van der Waals surface area (Å²) in [6.07, 6.45) is 7.65. The Hall–Kier alpha value is -1.70. The van der Waals surface area contributed by atoms with E-state index in [-0.39, 0.29) is 12.1 Å². The molecule has 0 amide bonds. The van der Waals surface area contributed by atoms with E-state index in [9.17, 15) is 8.42 Å². The molecule has 142 valence electrons. The van der Waals surface area contributed by atoms with Crippen LogP contribution in [0.15, 0.2) is 36.5 Å². The highest BCUT2D eigenvalue weighted by Crippen LogP contribution is 2.25. The fraction of sp³-hybridized carbons (Fsp3) is 0.526. The van der Waals surface area contributed by atoms with Crippen LogP contribution in [0.25, 0.3) is 11.3 Å². The molecule has 26 heavy (non-hydrogen) atoms. The monoisotopic (exact) mass is 376 g/mol. The highest BCUT2D eigenvalue weighted by molar-refractivity contribution is 7.87. The predicted molar refractivity (Wildman–Crippen MR) is 104 cm³/mol. The van der Waals surface area contributed by atoms with Gasteiger partial charge in [0.25, 0.3) is 10.2 Å². The first kappa shape index (κ1) is 19.1. The molecule has 6 nitrogen and oxygen atoms in total. The summed E-state index contributed by atoms with van der Waals surface area (Å²) in [5.41, 5.74) is 1.92. The lowest BCUT2D eigenvalue weighted by Crippen LogP contribution is -2.46. The number of imidazole rings is 1. The molecule has 0 aliphatic heterocycles. The van der Waals surface area contributed by atoms with Crippen LogP contribution in [0.2, 0.25) is 0 Å². The Morgan fingerprint density at radius 2 is 1.92 bits per heavy atom. The van der Waals surface area contributed by atoms with Gasteiger partial charge < -0.3 is 4.98 Å². The lowest BCUT2D eigenvalue weighted by atomic mass is 9.96. The fourth-order valence-corrected chi connectivity index (χ4v) is 4.92. The number of rotatable bonds is 7. The third-order valence-electron chi connectivity index (χ3n) is 5.18. The van der Waals surface area contributed by atoms with E-state index in [1.807, 2.05) is 37.3 Å². The molecular weight excluding hydrogens is 348 g/mol. The van der Waals surface area contributed by atoms with E-state index in [0.717, 1.165) is 36.9 Å². The van der Waals surface area contributed by atoms with Crippen LogP contribution in [0.3, 0.4) is 0 Å². The van der Waals surface area contributed by atoms with E-state index >= 15 is 0 Å². The van der Waals surface area contributed by atoms with Crippen molar-refractivity contribution in [2.24, 2.45) is 0 Å². The third kappa shape index (κ3) is 4.34. The number of nitrogens with zero attached hydrogens (tertiary/aromatic N) is 2. The van der Waals surface area contributed by atoms with E-state index < -0.39 is 10.2 Å². The predicted octanol–water partition coefficient (Wildman–Crippen LogP) is 3.63. The van der Waals surface area contributed by atoms with Crippen LogP contribution in [0, 0.1) is 0 Å². The molecule has 0 bridgehead atoms. The van der Waals surface area contributed by atoms with Crippen LogP contribution in [0.1, 0.15) is 57.3 Å². The highest BCUT2D eigenvalue weighted by atomic mass is 32.2. The third-order valence-corrected chi connectivity index (χ3v) is 6.82. The minimum absolute atomic E-state index is 0.0928. The maximum Gasteiger partial charge on any atom is 0.280 e. The molecule has 1 aromatic heterocycles. The van der Waals surface area contributed by atoms with Gasteiger partial charge in [0.1, 0.15) is 5.82 Å². The van der Waals surface area contributed by atoms with Gasteiger partial charge in [0.05, 0.1) is 17.9 Å². The van der Waals surface area contributed by atoms with Crippen molar-refractivity contribution in [1.29, 1.82) is 0 Å². The molecule has 0 spiro atoms. The normalized spacial score (nSPS) is 17.5. The van der Waals surface area contributed by atoms with E-state index in [1.165, 1.54) is 10.7 Å². The molecule has 1 aliphatic rings. The standard InChI is InChI=1S/C19H28N4O2S/c1-3-17(19-20-14-18(21-19)15-10-6-4-7-11-15)22-26(24,25)23(2)16-12-8-5-9-13-16/h4,6-7,10-11,14,16-17,22H,3,5,8-9,12-13H2,1-2H3,(H,20,21). The summed E-state index contributed by atoms with van der Waals surface area (Å²) >= 11 is 0. The maximum atomic E-state index is 12.8. The fourth-order valence-electron chi connectivity index (χ4n) is 3.51. The van der Waals surface area contributed by atoms with Gasteiger partial charge in [0, 0.05) is 13.1 Å². The van der Waals surface area contributed by atoms with Crippen molar-refractivity contribution < 1.29 is 8.42 Å². The van der Waals surface area contributed by atoms with Gasteiger partial charge in [-0.15, -0.1) is 0 Å². The number of nitrogens with one attached hydrogen (secondary N) is 2. The van der Waals surface area contributed by atoms with Gasteiger partial charge in [-0.3, -0.25) is 0 Å². The summed E-state index contributed by atoms with van der Waals surface area (Å²) in [5, 5.41) is 0. The van der Waals surface area contributed by atoms with E-state index in [2.05, 4.69) is 14.7 Å². The number of H-pyrrole nitrogens is 1. The molecule has 1 saturated carbocycles. The van der Waals surface area contributed by atoms with Gasteiger partial charge in [0.15, 0.2) is 0 Å². The van der Waals surface area contributed by atoms with Crippen LogP contribution in [-0.2, 0) is 10.2 Å². The van der Waals surface area contributed by atoms with Crippen LogP contribution in [0.5, 0.6) is 0 Å². The Morgan fingerprint density at radius 3 is 2.58 bits per heavy atom. The van der Waals surface area contributed by atoms with E-state index in [4.69, 9.17) is 0 Å². The van der Waals surface area contributed by atoms with Crippen molar-refractivity contribution in [3.05, 3.63) is 42.4 Å². The second-order valence-electron chi connectivity index (χ2n) is 6.94. The Morgan fingerprint density at radius 1 is 1.23 bits per heavy atom. The Bertz CT molecular complexity index is 798. The SMILES string of the molecule is CCC(NS(=O)(=O)N(C)C1CCCCC1)c1ncc(-c2ccccc2)[nH]1. The minimum atomic E-state index is -3.55. The van der Waals surface area contributed by atoms with Gasteiger partial charge in [-0.2, -0.15) is 17.4 Å². The molecule has 0 radical (unpaired) electrons. The quantitative estimate of drug-likeness (QED) is 0.774. The zero-order chi connectivity index (χ0) is 18.6. The van der Waals surface area contributed by atoms with E-state index in [0.29, 0.717) is 12.2 Å². The number of aromatic amines is 1. The number of aromatic nitrogens is 2. The van der Waals surface area contributed by atoms with Gasteiger partial charge >= 0.3 is 0 Å². The second-order valence-corrected chi connectivity index (χ2v) is 8.70. The molecule has 7 heteroatoms. The molecule has 0 saturated heterocycles. The summed E-state index contributed by atoms with van der Waals surface area (Å²) in [6, 6.07) is 9.62. The van der Waals surface area contributed by atoms with Gasteiger partial charge in [-0.1, -0.05) is 56.5 Å². The van der Waals surface area contributed by atoms with Crippen molar-refractivity contribution >= 4 is 10.2 Å². The van der Waals surface area contributed by atoms with Crippen LogP contribution in [0.4, 0.5) is 0 Å². The molecule has 2 aromatic rings. The lowest BCUT2D eigenvalue weighted by molar-refractivity contribution is 0.281. The van der Waals surface area contributed by atoms with Crippen LogP contribution < -0.4 is 4.72 Å². The highest BCUT2D eigenvalue weighted by Gasteiger charge is 2.30. The first-order chi connectivity index (χ1) is 12.5. The largest absolute Gasteiger partial charge is 0.341 e. The number of hydrogen-bond donors (Lipinski definition) is 2. The summed E-state index contributed by atoms with van der Waals surface area (Å²) in [7, 11) is -1.87. The van der Waals surface area contributed by atoms with Gasteiger partial charge in [-0.05, 0) is 24.8 Å². The molecule has 1 fully saturated rings. The first-order valence-electron chi connectivity index (χ1n) is 9.37. The summed E-state index contributed by atoms with van der Waals surface area (Å²) in [5.74, 6) is 0.645. The summed E-state index contributed by atoms with van der Waals surface area (Å²) in [6.45, 7) is 1.96. The summed E-state index contributed by atoms with van der Waals surface area (Å²) in [4.78, 5) is 7.68. The molecule has 3 rings (SSSR count). The molecular formula is C19H28N4O2S. The Kier molecular flexibility index (Phi) is 6.11. The molecule has 1 aliphatic carbocycles. The topological polar surface area (TPSA) is 78.1 Å². The Balaban J connectivity index is 1.73. The lowest BCUT2D eigenvalue weighted by Gasteiger charge is -2.31. The average molecular weight is 377 g/mol. The van der Waals surface area contributed by atoms with Gasteiger partial charge in [-0.25, -0.2) is 4.98 Å². The van der Waals surface area contributed by atoms with Crippen LogP contribution >= 0.6 is 0 Å². The zero-order valence-electron chi connectivity index (χ0n) is 15.5. The summed E-state index contributed by atoms with van der Waals surface area (Å²) < 4.78 is 30.0. The van der Waals surface area contributed by atoms with Crippen molar-refractivity contribution in [2.45, 2.75) is 57.5 Å². The molecule has 2 N–H and O–H groups in total. The van der Waals surface area contributed by atoms with Crippen molar-refractivity contribution in [3.8, 4) is 11.3 Å². The van der Waals surface area contributed by atoms with Gasteiger partial charge in [0.2, 0.25) is 0 Å².